The second-order valence-corrected chi connectivity index (χ2v) is 4.64. The Morgan fingerprint density at radius 2 is 2.15 bits per heavy atom. The third-order valence-corrected chi connectivity index (χ3v) is 3.33. The van der Waals surface area contributed by atoms with Gasteiger partial charge in [0.2, 0.25) is 11.8 Å². The van der Waals surface area contributed by atoms with Gasteiger partial charge in [-0.25, -0.2) is 0 Å². The number of nitrogens with one attached hydrogen (secondary N) is 1. The van der Waals surface area contributed by atoms with Crippen molar-refractivity contribution in [2.75, 3.05) is 11.4 Å². The van der Waals surface area contributed by atoms with E-state index in [1.807, 2.05) is 6.92 Å². The monoisotopic (exact) mass is 275 g/mol. The summed E-state index contributed by atoms with van der Waals surface area (Å²) < 4.78 is 0. The molecule has 1 fully saturated rings. The van der Waals surface area contributed by atoms with E-state index in [2.05, 4.69) is 10.3 Å². The van der Waals surface area contributed by atoms with E-state index >= 15 is 0 Å². The standard InChI is InChI=1S/C14H17N3O3/c1-3-11-14(20)16-13(19)8-17(11)9-5-6-10(15-7-9)12(18)4-2/h5-7,11H,3-4,8H2,1-2H3,(H,16,19,20). The van der Waals surface area contributed by atoms with E-state index in [1.165, 1.54) is 6.20 Å². The number of carbonyl (C=O) groups excluding carboxylic acids is 3. The Labute approximate surface area is 117 Å². The summed E-state index contributed by atoms with van der Waals surface area (Å²) in [5.74, 6) is -0.651. The lowest BCUT2D eigenvalue weighted by Gasteiger charge is -2.34. The molecule has 0 saturated carbocycles. The fourth-order valence-corrected chi connectivity index (χ4v) is 2.25. The number of anilines is 1. The largest absolute Gasteiger partial charge is 0.349 e. The van der Waals surface area contributed by atoms with Gasteiger partial charge in [-0.1, -0.05) is 13.8 Å². The fraction of sp³-hybridized carbons (Fsp3) is 0.429. The molecule has 1 N–H and O–H groups in total. The summed E-state index contributed by atoms with van der Waals surface area (Å²) >= 11 is 0. The lowest BCUT2D eigenvalue weighted by Crippen LogP contribution is -2.58. The topological polar surface area (TPSA) is 79.4 Å². The van der Waals surface area contributed by atoms with Gasteiger partial charge in [0.25, 0.3) is 0 Å². The van der Waals surface area contributed by atoms with Gasteiger partial charge in [0.15, 0.2) is 5.78 Å². The number of aromatic nitrogens is 1. The highest BCUT2D eigenvalue weighted by molar-refractivity contribution is 6.04. The van der Waals surface area contributed by atoms with E-state index in [0.717, 1.165) is 0 Å². The zero-order valence-electron chi connectivity index (χ0n) is 11.5. The Morgan fingerprint density at radius 3 is 2.70 bits per heavy atom. The van der Waals surface area contributed by atoms with Gasteiger partial charge in [-0.15, -0.1) is 0 Å². The van der Waals surface area contributed by atoms with Crippen molar-refractivity contribution in [2.24, 2.45) is 0 Å². The van der Waals surface area contributed by atoms with Crippen molar-refractivity contribution in [1.82, 2.24) is 10.3 Å². The molecule has 1 saturated heterocycles. The molecule has 0 aromatic carbocycles. The number of hydrogen-bond donors (Lipinski definition) is 1. The van der Waals surface area contributed by atoms with Gasteiger partial charge in [0.05, 0.1) is 18.4 Å². The van der Waals surface area contributed by atoms with Crippen LogP contribution in [0.2, 0.25) is 0 Å². The molecule has 1 aromatic heterocycles. The molecule has 2 amide bonds. The Balaban J connectivity index is 2.26. The second-order valence-electron chi connectivity index (χ2n) is 4.64. The summed E-state index contributed by atoms with van der Waals surface area (Å²) in [6.07, 6.45) is 2.53. The maximum atomic E-state index is 11.8. The van der Waals surface area contributed by atoms with Gasteiger partial charge in [-0.05, 0) is 18.6 Å². The maximum absolute atomic E-state index is 11.8. The van der Waals surface area contributed by atoms with Crippen molar-refractivity contribution < 1.29 is 14.4 Å². The van der Waals surface area contributed by atoms with Crippen LogP contribution in [0.15, 0.2) is 18.3 Å². The summed E-state index contributed by atoms with van der Waals surface area (Å²) in [4.78, 5) is 40.6. The van der Waals surface area contributed by atoms with Crippen LogP contribution in [0.1, 0.15) is 37.2 Å². The number of rotatable bonds is 4. The van der Waals surface area contributed by atoms with Crippen molar-refractivity contribution >= 4 is 23.3 Å². The molecule has 0 spiro atoms. The van der Waals surface area contributed by atoms with Crippen molar-refractivity contribution in [3.8, 4) is 0 Å². The van der Waals surface area contributed by atoms with Crippen LogP contribution >= 0.6 is 0 Å². The molecular weight excluding hydrogens is 258 g/mol. The average molecular weight is 275 g/mol. The molecule has 1 aliphatic rings. The smallest absolute Gasteiger partial charge is 0.249 e. The van der Waals surface area contributed by atoms with E-state index in [-0.39, 0.29) is 30.2 Å². The van der Waals surface area contributed by atoms with Crippen LogP contribution < -0.4 is 10.2 Å². The second kappa shape index (κ2) is 5.81. The first-order valence-electron chi connectivity index (χ1n) is 6.66. The van der Waals surface area contributed by atoms with Crippen molar-refractivity contribution in [3.63, 3.8) is 0 Å². The van der Waals surface area contributed by atoms with Gasteiger partial charge < -0.3 is 4.90 Å². The fourth-order valence-electron chi connectivity index (χ4n) is 2.25. The number of Topliss-reactive ketones (excluding diaryl/α,β-unsaturated/α-hetero) is 1. The summed E-state index contributed by atoms with van der Waals surface area (Å²) in [7, 11) is 0. The molecule has 20 heavy (non-hydrogen) atoms. The van der Waals surface area contributed by atoms with E-state index < -0.39 is 0 Å². The minimum Gasteiger partial charge on any atom is -0.349 e. The number of hydrogen-bond acceptors (Lipinski definition) is 5. The first-order chi connectivity index (χ1) is 9.56. The number of imide groups is 1. The number of carbonyl (C=O) groups is 3. The SMILES string of the molecule is CCC(=O)c1ccc(N2CC(=O)NC(=O)C2CC)cn1. The highest BCUT2D eigenvalue weighted by Crippen LogP contribution is 2.20. The van der Waals surface area contributed by atoms with E-state index in [0.29, 0.717) is 24.2 Å². The van der Waals surface area contributed by atoms with Crippen LogP contribution in [-0.2, 0) is 9.59 Å². The molecule has 2 rings (SSSR count). The Morgan fingerprint density at radius 1 is 1.40 bits per heavy atom. The molecule has 1 aromatic rings. The van der Waals surface area contributed by atoms with E-state index in [4.69, 9.17) is 0 Å². The summed E-state index contributed by atoms with van der Waals surface area (Å²) in [5, 5.41) is 2.32. The zero-order valence-corrected chi connectivity index (χ0v) is 11.5. The van der Waals surface area contributed by atoms with Crippen LogP contribution in [0.5, 0.6) is 0 Å². The van der Waals surface area contributed by atoms with Gasteiger partial charge >= 0.3 is 0 Å². The number of ketones is 1. The van der Waals surface area contributed by atoms with Crippen molar-refractivity contribution in [2.45, 2.75) is 32.7 Å². The van der Waals surface area contributed by atoms with Gasteiger partial charge in [0, 0.05) is 6.42 Å². The number of amides is 2. The average Bonchev–Trinajstić information content (AvgIpc) is 2.46. The highest BCUT2D eigenvalue weighted by Gasteiger charge is 2.32. The van der Waals surface area contributed by atoms with E-state index in [1.54, 1.807) is 24.0 Å². The summed E-state index contributed by atoms with van der Waals surface area (Å²) in [6.45, 7) is 3.78. The number of nitrogens with zero attached hydrogens (tertiary/aromatic N) is 2. The summed E-state index contributed by atoms with van der Waals surface area (Å²) in [6, 6.07) is 2.97. The van der Waals surface area contributed by atoms with Crippen molar-refractivity contribution in [3.05, 3.63) is 24.0 Å². The Hall–Kier alpha value is -2.24. The lowest BCUT2D eigenvalue weighted by molar-refractivity contribution is -0.132. The minimum atomic E-state index is -0.387. The minimum absolute atomic E-state index is 0.0314. The number of pyridine rings is 1. The van der Waals surface area contributed by atoms with Crippen LogP contribution in [-0.4, -0.2) is 35.2 Å². The molecular formula is C14H17N3O3. The molecule has 1 aliphatic heterocycles. The molecule has 0 bridgehead atoms. The third-order valence-electron chi connectivity index (χ3n) is 3.33. The zero-order chi connectivity index (χ0) is 14.7. The predicted molar refractivity (Wildman–Crippen MR) is 73.4 cm³/mol. The Kier molecular flexibility index (Phi) is 4.12. The van der Waals surface area contributed by atoms with Crippen LogP contribution in [0, 0.1) is 0 Å². The van der Waals surface area contributed by atoms with Crippen LogP contribution in [0.3, 0.4) is 0 Å². The molecule has 6 nitrogen and oxygen atoms in total. The molecule has 0 radical (unpaired) electrons. The normalized spacial score (nSPS) is 18.9. The quantitative estimate of drug-likeness (QED) is 0.653. The number of piperazine rings is 1. The first-order valence-corrected chi connectivity index (χ1v) is 6.66. The molecule has 6 heteroatoms. The molecule has 0 aliphatic carbocycles. The first kappa shape index (κ1) is 14.2. The predicted octanol–water partition coefficient (Wildman–Crippen LogP) is 0.916. The van der Waals surface area contributed by atoms with Gasteiger partial charge in [-0.2, -0.15) is 0 Å². The van der Waals surface area contributed by atoms with E-state index in [9.17, 15) is 14.4 Å². The van der Waals surface area contributed by atoms with Crippen LogP contribution in [0.25, 0.3) is 0 Å². The third kappa shape index (κ3) is 2.68. The molecule has 106 valence electrons. The van der Waals surface area contributed by atoms with Crippen molar-refractivity contribution in [1.29, 1.82) is 0 Å². The summed E-state index contributed by atoms with van der Waals surface area (Å²) in [5.41, 5.74) is 1.07. The molecule has 1 atom stereocenters. The Bertz CT molecular complexity index is 539. The van der Waals surface area contributed by atoms with Gasteiger partial charge in [-0.3, -0.25) is 24.7 Å². The lowest BCUT2D eigenvalue weighted by atomic mass is 10.1. The maximum Gasteiger partial charge on any atom is 0.249 e. The molecule has 1 unspecified atom stereocenters. The van der Waals surface area contributed by atoms with Gasteiger partial charge in [0.1, 0.15) is 11.7 Å². The molecule has 2 heterocycles. The van der Waals surface area contributed by atoms with Crippen LogP contribution in [0.4, 0.5) is 5.69 Å². The highest BCUT2D eigenvalue weighted by atomic mass is 16.2.